The standard InChI is InChI=1S/C19H25N3O4S/c1-12-9-16-17(13(2)26-12)21-22(3)18(16)19(23)20-10-14-7-5-6-8-15(14)11-27(4,24)25/h5-8,12-13H,9-11H2,1-4H3,(H,20,23)/t12-,13+/m1/s1. The Labute approximate surface area is 159 Å². The molecule has 27 heavy (non-hydrogen) atoms. The van der Waals surface area contributed by atoms with Crippen molar-refractivity contribution in [3.05, 3.63) is 52.3 Å². The summed E-state index contributed by atoms with van der Waals surface area (Å²) in [5, 5.41) is 7.37. The van der Waals surface area contributed by atoms with E-state index in [0.29, 0.717) is 17.7 Å². The second kappa shape index (κ2) is 7.44. The predicted molar refractivity (Wildman–Crippen MR) is 102 cm³/mol. The molecule has 1 aliphatic heterocycles. The molecule has 1 N–H and O–H groups in total. The third kappa shape index (κ3) is 4.39. The molecule has 7 nitrogen and oxygen atoms in total. The van der Waals surface area contributed by atoms with Crippen LogP contribution in [0, 0.1) is 0 Å². The van der Waals surface area contributed by atoms with Crippen molar-refractivity contribution in [1.82, 2.24) is 15.1 Å². The highest BCUT2D eigenvalue weighted by atomic mass is 32.2. The van der Waals surface area contributed by atoms with Crippen LogP contribution in [0.2, 0.25) is 0 Å². The van der Waals surface area contributed by atoms with Crippen LogP contribution >= 0.6 is 0 Å². The first-order chi connectivity index (χ1) is 12.7. The smallest absolute Gasteiger partial charge is 0.270 e. The van der Waals surface area contributed by atoms with Gasteiger partial charge in [0.25, 0.3) is 5.91 Å². The van der Waals surface area contributed by atoms with Crippen molar-refractivity contribution in [1.29, 1.82) is 0 Å². The van der Waals surface area contributed by atoms with E-state index in [1.165, 1.54) is 6.26 Å². The zero-order valence-electron chi connectivity index (χ0n) is 16.0. The van der Waals surface area contributed by atoms with Crippen molar-refractivity contribution in [2.24, 2.45) is 7.05 Å². The quantitative estimate of drug-likeness (QED) is 0.841. The van der Waals surface area contributed by atoms with Crippen LogP contribution < -0.4 is 5.32 Å². The van der Waals surface area contributed by atoms with Gasteiger partial charge in [0.1, 0.15) is 5.69 Å². The Morgan fingerprint density at radius 2 is 1.96 bits per heavy atom. The van der Waals surface area contributed by atoms with E-state index in [2.05, 4.69) is 10.4 Å². The fraction of sp³-hybridized carbons (Fsp3) is 0.474. The third-order valence-electron chi connectivity index (χ3n) is 4.68. The minimum Gasteiger partial charge on any atom is -0.369 e. The number of aromatic nitrogens is 2. The molecule has 2 aromatic rings. The van der Waals surface area contributed by atoms with E-state index in [9.17, 15) is 13.2 Å². The van der Waals surface area contributed by atoms with E-state index < -0.39 is 9.84 Å². The Bertz CT molecular complexity index is 965. The number of fused-ring (bicyclic) bond motifs is 1. The van der Waals surface area contributed by atoms with E-state index >= 15 is 0 Å². The number of nitrogens with one attached hydrogen (secondary N) is 1. The van der Waals surface area contributed by atoms with Gasteiger partial charge >= 0.3 is 0 Å². The molecule has 2 atom stereocenters. The molecule has 146 valence electrons. The number of rotatable bonds is 5. The average Bonchev–Trinajstić information content (AvgIpc) is 2.89. The minimum absolute atomic E-state index is 0.0266. The summed E-state index contributed by atoms with van der Waals surface area (Å²) < 4.78 is 30.7. The van der Waals surface area contributed by atoms with Crippen LogP contribution in [0.15, 0.2) is 24.3 Å². The Balaban J connectivity index is 1.81. The molecule has 1 aromatic carbocycles. The van der Waals surface area contributed by atoms with Gasteiger partial charge in [0, 0.05) is 31.8 Å². The van der Waals surface area contributed by atoms with Gasteiger partial charge in [0.05, 0.1) is 23.7 Å². The molecule has 0 bridgehead atoms. The fourth-order valence-electron chi connectivity index (χ4n) is 3.56. The molecule has 0 spiro atoms. The van der Waals surface area contributed by atoms with Crippen molar-refractivity contribution < 1.29 is 17.9 Å². The second-order valence-electron chi connectivity index (χ2n) is 7.15. The van der Waals surface area contributed by atoms with E-state index in [1.807, 2.05) is 26.0 Å². The molecule has 1 amide bonds. The number of sulfone groups is 1. The van der Waals surface area contributed by atoms with Gasteiger partial charge < -0.3 is 10.1 Å². The normalized spacial score (nSPS) is 19.6. The van der Waals surface area contributed by atoms with Gasteiger partial charge in [-0.05, 0) is 25.0 Å². The summed E-state index contributed by atoms with van der Waals surface area (Å²) in [6.45, 7) is 4.17. The number of ether oxygens (including phenoxy) is 1. The average molecular weight is 391 g/mol. The van der Waals surface area contributed by atoms with Gasteiger partial charge in [-0.25, -0.2) is 8.42 Å². The lowest BCUT2D eigenvalue weighted by molar-refractivity contribution is -0.00710. The van der Waals surface area contributed by atoms with Gasteiger partial charge in [0.2, 0.25) is 0 Å². The first-order valence-corrected chi connectivity index (χ1v) is 11.0. The van der Waals surface area contributed by atoms with Crippen LogP contribution in [0.25, 0.3) is 0 Å². The van der Waals surface area contributed by atoms with Crippen molar-refractivity contribution in [2.75, 3.05) is 6.26 Å². The van der Waals surface area contributed by atoms with Crippen LogP contribution in [0.1, 0.15) is 52.8 Å². The number of hydrogen-bond acceptors (Lipinski definition) is 5. The minimum atomic E-state index is -3.15. The third-order valence-corrected chi connectivity index (χ3v) is 5.52. The van der Waals surface area contributed by atoms with Gasteiger partial charge in [-0.15, -0.1) is 0 Å². The lowest BCUT2D eigenvalue weighted by Crippen LogP contribution is -2.28. The molecule has 8 heteroatoms. The molecule has 0 radical (unpaired) electrons. The van der Waals surface area contributed by atoms with E-state index in [-0.39, 0.29) is 30.4 Å². The summed E-state index contributed by atoms with van der Waals surface area (Å²) in [6.07, 6.45) is 1.72. The first kappa shape index (κ1) is 19.6. The van der Waals surface area contributed by atoms with Crippen LogP contribution in [0.4, 0.5) is 0 Å². The van der Waals surface area contributed by atoms with Gasteiger partial charge in [-0.2, -0.15) is 5.10 Å². The molecular formula is C19H25N3O4S. The maximum Gasteiger partial charge on any atom is 0.270 e. The SMILES string of the molecule is C[C@@H]1Cc2c(nn(C)c2C(=O)NCc2ccccc2CS(C)(=O)=O)[C@H](C)O1. The van der Waals surface area contributed by atoms with Gasteiger partial charge in [0.15, 0.2) is 9.84 Å². The Morgan fingerprint density at radius 3 is 2.63 bits per heavy atom. The predicted octanol–water partition coefficient (Wildman–Crippen LogP) is 1.92. The van der Waals surface area contributed by atoms with E-state index in [0.717, 1.165) is 16.8 Å². The number of benzene rings is 1. The number of hydrogen-bond donors (Lipinski definition) is 1. The summed E-state index contributed by atoms with van der Waals surface area (Å²) in [5.74, 6) is -0.270. The molecule has 0 saturated carbocycles. The Morgan fingerprint density at radius 1 is 1.30 bits per heavy atom. The highest BCUT2D eigenvalue weighted by Crippen LogP contribution is 2.31. The first-order valence-electron chi connectivity index (χ1n) is 8.89. The number of nitrogens with zero attached hydrogens (tertiary/aromatic N) is 2. The second-order valence-corrected chi connectivity index (χ2v) is 9.29. The van der Waals surface area contributed by atoms with Crippen molar-refractivity contribution in [3.63, 3.8) is 0 Å². The molecule has 0 fully saturated rings. The van der Waals surface area contributed by atoms with Crippen molar-refractivity contribution >= 4 is 15.7 Å². The molecule has 2 heterocycles. The monoisotopic (exact) mass is 391 g/mol. The van der Waals surface area contributed by atoms with Crippen LogP contribution in [0.3, 0.4) is 0 Å². The summed E-state index contributed by atoms with van der Waals surface area (Å²) in [7, 11) is -1.40. The van der Waals surface area contributed by atoms with Crippen LogP contribution in [-0.4, -0.2) is 36.5 Å². The molecule has 1 aromatic heterocycles. The number of aryl methyl sites for hydroxylation is 1. The fourth-order valence-corrected chi connectivity index (χ4v) is 4.41. The molecular weight excluding hydrogens is 366 g/mol. The zero-order chi connectivity index (χ0) is 19.8. The topological polar surface area (TPSA) is 90.3 Å². The van der Waals surface area contributed by atoms with Gasteiger partial charge in [-0.1, -0.05) is 24.3 Å². The zero-order valence-corrected chi connectivity index (χ0v) is 16.8. The van der Waals surface area contributed by atoms with Crippen LogP contribution in [0.5, 0.6) is 0 Å². The summed E-state index contributed by atoms with van der Waals surface area (Å²) >= 11 is 0. The highest BCUT2D eigenvalue weighted by molar-refractivity contribution is 7.89. The summed E-state index contributed by atoms with van der Waals surface area (Å²) in [6, 6.07) is 7.23. The van der Waals surface area contributed by atoms with Crippen molar-refractivity contribution in [2.45, 2.75) is 44.8 Å². The summed E-state index contributed by atoms with van der Waals surface area (Å²) in [5.41, 5.74) is 3.75. The lowest BCUT2D eigenvalue weighted by Gasteiger charge is -2.24. The van der Waals surface area contributed by atoms with Gasteiger partial charge in [-0.3, -0.25) is 9.48 Å². The Kier molecular flexibility index (Phi) is 5.39. The highest BCUT2D eigenvalue weighted by Gasteiger charge is 2.31. The molecule has 1 aliphatic rings. The van der Waals surface area contributed by atoms with E-state index in [1.54, 1.807) is 23.9 Å². The molecule has 0 aliphatic carbocycles. The maximum absolute atomic E-state index is 12.9. The Hall–Kier alpha value is -2.19. The largest absolute Gasteiger partial charge is 0.369 e. The van der Waals surface area contributed by atoms with Crippen molar-refractivity contribution in [3.8, 4) is 0 Å². The number of amides is 1. The van der Waals surface area contributed by atoms with E-state index in [4.69, 9.17) is 4.74 Å². The number of carbonyl (C=O) groups excluding carboxylic acids is 1. The molecule has 3 rings (SSSR count). The summed E-state index contributed by atoms with van der Waals surface area (Å²) in [4.78, 5) is 12.9. The molecule has 0 saturated heterocycles. The number of carbonyl (C=O) groups is 1. The maximum atomic E-state index is 12.9. The van der Waals surface area contributed by atoms with Crippen LogP contribution in [-0.2, 0) is 40.3 Å². The lowest BCUT2D eigenvalue weighted by atomic mass is 9.99. The molecule has 0 unspecified atom stereocenters.